The molecule has 0 aliphatic rings. The maximum Gasteiger partial charge on any atom is 0.310 e. The topological polar surface area (TPSA) is 74.6 Å². The Bertz CT molecular complexity index is 625. The van der Waals surface area contributed by atoms with Crippen molar-refractivity contribution in [1.82, 2.24) is 0 Å². The van der Waals surface area contributed by atoms with E-state index in [0.717, 1.165) is 11.1 Å². The Balaban J connectivity index is 2.06. The van der Waals surface area contributed by atoms with Crippen LogP contribution < -0.4 is 0 Å². The van der Waals surface area contributed by atoms with E-state index in [-0.39, 0.29) is 12.2 Å². The summed E-state index contributed by atoms with van der Waals surface area (Å²) < 4.78 is 0. The van der Waals surface area contributed by atoms with E-state index in [2.05, 4.69) is 0 Å². The minimum atomic E-state index is -1.11. The molecule has 0 radical (unpaired) electrons. The third-order valence-corrected chi connectivity index (χ3v) is 4.10. The minimum Gasteiger partial charge on any atom is -0.481 e. The van der Waals surface area contributed by atoms with Crippen LogP contribution in [0.4, 0.5) is 0 Å². The molecule has 0 aliphatic heterocycles. The van der Waals surface area contributed by atoms with E-state index in [1.807, 2.05) is 60.7 Å². The lowest BCUT2D eigenvalue weighted by Crippen LogP contribution is -2.27. The normalized spacial score (nSPS) is 11.2. The Morgan fingerprint density at radius 3 is 1.79 bits per heavy atom. The first-order valence-corrected chi connectivity index (χ1v) is 8.09. The van der Waals surface area contributed by atoms with Crippen LogP contribution in [0.1, 0.15) is 43.2 Å². The Hall–Kier alpha value is -2.46. The number of carbonyl (C=O) groups is 2. The number of carbonyl (C=O) groups excluding carboxylic acids is 1. The molecule has 2 N–H and O–H groups in total. The highest BCUT2D eigenvalue weighted by Gasteiger charge is 2.30. The van der Waals surface area contributed by atoms with E-state index >= 15 is 0 Å². The molecule has 2 aromatic carbocycles. The maximum atomic E-state index is 11.5. The summed E-state index contributed by atoms with van der Waals surface area (Å²) in [4.78, 5) is 22.0. The average Bonchev–Trinajstić information content (AvgIpc) is 2.59. The van der Waals surface area contributed by atoms with E-state index in [1.165, 1.54) is 0 Å². The Kier molecular flexibility index (Phi) is 6.27. The molecule has 0 amide bonds. The van der Waals surface area contributed by atoms with Crippen LogP contribution >= 0.6 is 0 Å². The standard InChI is InChI=1S/C20H22O4/c21-18(15-19(22)23)13-7-8-14-20(24,16-9-3-1-4-10-16)17-11-5-2-6-12-17/h1-6,9-12,24H,7-8,13-15H2,(H,22,23). The maximum absolute atomic E-state index is 11.5. The summed E-state index contributed by atoms with van der Waals surface area (Å²) >= 11 is 0. The fraction of sp³-hybridized carbons (Fsp3) is 0.300. The molecule has 0 heterocycles. The van der Waals surface area contributed by atoms with Crippen LogP contribution in [-0.4, -0.2) is 22.0 Å². The zero-order valence-corrected chi connectivity index (χ0v) is 13.5. The Morgan fingerprint density at radius 2 is 1.33 bits per heavy atom. The highest BCUT2D eigenvalue weighted by Crippen LogP contribution is 2.34. The Labute approximate surface area is 141 Å². The summed E-state index contributed by atoms with van der Waals surface area (Å²) in [5, 5.41) is 19.9. The molecule has 0 atom stereocenters. The molecule has 126 valence electrons. The van der Waals surface area contributed by atoms with Gasteiger partial charge in [-0.1, -0.05) is 60.7 Å². The van der Waals surface area contributed by atoms with E-state index in [1.54, 1.807) is 0 Å². The number of ketones is 1. The van der Waals surface area contributed by atoms with Crippen LogP contribution in [0.5, 0.6) is 0 Å². The summed E-state index contributed by atoms with van der Waals surface area (Å²) in [5.41, 5.74) is 0.513. The van der Waals surface area contributed by atoms with Gasteiger partial charge in [0.05, 0.1) is 0 Å². The van der Waals surface area contributed by atoms with Gasteiger partial charge < -0.3 is 10.2 Å². The number of aliphatic carboxylic acids is 1. The second-order valence-corrected chi connectivity index (χ2v) is 5.91. The molecule has 24 heavy (non-hydrogen) atoms. The van der Waals surface area contributed by atoms with Crippen molar-refractivity contribution in [3.8, 4) is 0 Å². The Morgan fingerprint density at radius 1 is 0.833 bits per heavy atom. The van der Waals surface area contributed by atoms with Crippen molar-refractivity contribution < 1.29 is 19.8 Å². The van der Waals surface area contributed by atoms with Gasteiger partial charge in [-0.25, -0.2) is 0 Å². The first kappa shape index (κ1) is 17.9. The number of Topliss-reactive ketones (excluding diaryl/α,β-unsaturated/α-hetero) is 1. The van der Waals surface area contributed by atoms with Crippen LogP contribution in [-0.2, 0) is 15.2 Å². The van der Waals surface area contributed by atoms with Crippen LogP contribution in [0.25, 0.3) is 0 Å². The SMILES string of the molecule is O=C(O)CC(=O)CCCCC(O)(c1ccccc1)c1ccccc1. The molecular formula is C20H22O4. The molecule has 4 heteroatoms. The first-order valence-electron chi connectivity index (χ1n) is 8.09. The highest BCUT2D eigenvalue weighted by atomic mass is 16.4. The second kappa shape index (κ2) is 8.41. The number of carboxylic acid groups (broad SMARTS) is 1. The number of benzene rings is 2. The lowest BCUT2D eigenvalue weighted by Gasteiger charge is -2.29. The molecule has 0 saturated heterocycles. The summed E-state index contributed by atoms with van der Waals surface area (Å²) in [6.45, 7) is 0. The number of carboxylic acids is 1. The number of rotatable bonds is 9. The molecular weight excluding hydrogens is 304 g/mol. The molecule has 0 spiro atoms. The lowest BCUT2D eigenvalue weighted by molar-refractivity contribution is -0.140. The van der Waals surface area contributed by atoms with Crippen LogP contribution in [0, 0.1) is 0 Å². The largest absolute Gasteiger partial charge is 0.481 e. The van der Waals surface area contributed by atoms with E-state index in [9.17, 15) is 14.7 Å². The number of aliphatic hydroxyl groups is 1. The lowest BCUT2D eigenvalue weighted by atomic mass is 9.82. The summed E-state index contributed by atoms with van der Waals surface area (Å²) in [6, 6.07) is 18.9. The highest BCUT2D eigenvalue weighted by molar-refractivity contribution is 5.94. The fourth-order valence-corrected chi connectivity index (χ4v) is 2.84. The van der Waals surface area contributed by atoms with Gasteiger partial charge in [0, 0.05) is 6.42 Å². The molecule has 0 fully saturated rings. The second-order valence-electron chi connectivity index (χ2n) is 5.91. The number of hydrogen-bond donors (Lipinski definition) is 2. The van der Waals surface area contributed by atoms with Crippen molar-refractivity contribution in [2.45, 2.75) is 37.7 Å². The number of hydrogen-bond acceptors (Lipinski definition) is 3. The first-order chi connectivity index (χ1) is 11.5. The monoisotopic (exact) mass is 326 g/mol. The van der Waals surface area contributed by atoms with Gasteiger partial charge in [0.15, 0.2) is 0 Å². The van der Waals surface area contributed by atoms with E-state index in [4.69, 9.17) is 5.11 Å². The van der Waals surface area contributed by atoms with Crippen molar-refractivity contribution in [1.29, 1.82) is 0 Å². The van der Waals surface area contributed by atoms with Gasteiger partial charge in [-0.2, -0.15) is 0 Å². The van der Waals surface area contributed by atoms with Gasteiger partial charge in [0.2, 0.25) is 0 Å². The number of unbranched alkanes of at least 4 members (excludes halogenated alkanes) is 1. The molecule has 4 nitrogen and oxygen atoms in total. The van der Waals surface area contributed by atoms with Crippen LogP contribution in [0.15, 0.2) is 60.7 Å². The molecule has 0 bridgehead atoms. The smallest absolute Gasteiger partial charge is 0.310 e. The molecule has 2 rings (SSSR count). The predicted molar refractivity (Wildman–Crippen MR) is 91.6 cm³/mol. The third-order valence-electron chi connectivity index (χ3n) is 4.10. The van der Waals surface area contributed by atoms with Crippen molar-refractivity contribution in [3.63, 3.8) is 0 Å². The third kappa shape index (κ3) is 4.77. The van der Waals surface area contributed by atoms with Gasteiger partial charge in [0.1, 0.15) is 17.8 Å². The zero-order chi connectivity index (χ0) is 17.4. The molecule has 0 saturated carbocycles. The van der Waals surface area contributed by atoms with Gasteiger partial charge in [0.25, 0.3) is 0 Å². The average molecular weight is 326 g/mol. The van der Waals surface area contributed by atoms with Crippen LogP contribution in [0.2, 0.25) is 0 Å². The summed E-state index contributed by atoms with van der Waals surface area (Å²) in [6.07, 6.45) is 1.47. The molecule has 2 aromatic rings. The van der Waals surface area contributed by atoms with Crippen molar-refractivity contribution in [3.05, 3.63) is 71.8 Å². The van der Waals surface area contributed by atoms with E-state index < -0.39 is 18.0 Å². The van der Waals surface area contributed by atoms with Crippen molar-refractivity contribution in [2.75, 3.05) is 0 Å². The fourth-order valence-electron chi connectivity index (χ4n) is 2.84. The zero-order valence-electron chi connectivity index (χ0n) is 13.5. The van der Waals surface area contributed by atoms with E-state index in [0.29, 0.717) is 19.3 Å². The van der Waals surface area contributed by atoms with Crippen molar-refractivity contribution >= 4 is 11.8 Å². The minimum absolute atomic E-state index is 0.228. The van der Waals surface area contributed by atoms with Crippen LogP contribution in [0.3, 0.4) is 0 Å². The van der Waals surface area contributed by atoms with Gasteiger partial charge in [-0.05, 0) is 30.4 Å². The summed E-state index contributed by atoms with van der Waals surface area (Å²) in [5.74, 6) is -1.37. The molecule has 0 aliphatic carbocycles. The van der Waals surface area contributed by atoms with Gasteiger partial charge >= 0.3 is 5.97 Å². The predicted octanol–water partition coefficient (Wildman–Crippen LogP) is 3.53. The van der Waals surface area contributed by atoms with Gasteiger partial charge in [-0.3, -0.25) is 9.59 Å². The quantitative estimate of drug-likeness (QED) is 0.546. The van der Waals surface area contributed by atoms with Gasteiger partial charge in [-0.15, -0.1) is 0 Å². The molecule has 0 unspecified atom stereocenters. The van der Waals surface area contributed by atoms with Crippen molar-refractivity contribution in [2.24, 2.45) is 0 Å². The summed E-state index contributed by atoms with van der Waals surface area (Å²) in [7, 11) is 0. The molecule has 0 aromatic heterocycles.